The summed E-state index contributed by atoms with van der Waals surface area (Å²) in [6, 6.07) is 0. The van der Waals surface area contributed by atoms with Crippen LogP contribution in [-0.4, -0.2) is 52.7 Å². The Bertz CT molecular complexity index is 484. The van der Waals surface area contributed by atoms with Gasteiger partial charge in [0.15, 0.2) is 6.87 Å². The van der Waals surface area contributed by atoms with Crippen LogP contribution in [0.4, 0.5) is 0 Å². The van der Waals surface area contributed by atoms with E-state index >= 15 is 0 Å². The van der Waals surface area contributed by atoms with Crippen LogP contribution < -0.4 is 0 Å². The molecule has 0 aliphatic heterocycles. The van der Waals surface area contributed by atoms with E-state index in [4.69, 9.17) is 4.43 Å². The number of hydrogen-bond donors (Lipinski definition) is 1. The standard InChI is InChI=1S/C21H50O3Si4/c1-17(2)19(15-18(22)16-20(23)21(3,4)5)24-28(25(6,7)8,26(9,10)11)27(12,13)14/h17,19-20,23H,15-16H2,1-14H3/t19-,20-/m0/s1. The van der Waals surface area contributed by atoms with Gasteiger partial charge >= 0.3 is 0 Å². The molecular weight excluding hydrogens is 413 g/mol. The van der Waals surface area contributed by atoms with Crippen LogP contribution in [0.5, 0.6) is 0 Å². The minimum absolute atomic E-state index is 0.0171. The highest BCUT2D eigenvalue weighted by atomic mass is 29.9. The molecule has 0 unspecified atom stereocenters. The molecule has 0 fully saturated rings. The van der Waals surface area contributed by atoms with Gasteiger partial charge in [0.1, 0.15) is 5.78 Å². The third kappa shape index (κ3) is 6.73. The van der Waals surface area contributed by atoms with Gasteiger partial charge in [-0.3, -0.25) is 4.79 Å². The monoisotopic (exact) mass is 462 g/mol. The molecule has 168 valence electrons. The third-order valence-electron chi connectivity index (χ3n) is 6.09. The summed E-state index contributed by atoms with van der Waals surface area (Å²) in [5, 5.41) is 10.4. The Morgan fingerprint density at radius 2 is 1.18 bits per heavy atom. The Morgan fingerprint density at radius 3 is 1.43 bits per heavy atom. The predicted octanol–water partition coefficient (Wildman–Crippen LogP) is 5.98. The number of rotatable bonds is 10. The van der Waals surface area contributed by atoms with Crippen LogP contribution in [0.3, 0.4) is 0 Å². The van der Waals surface area contributed by atoms with Crippen LogP contribution in [0.15, 0.2) is 0 Å². The molecule has 0 aliphatic carbocycles. The lowest BCUT2D eigenvalue weighted by Crippen LogP contribution is -2.85. The third-order valence-corrected chi connectivity index (χ3v) is 73.7. The molecule has 0 aliphatic rings. The minimum Gasteiger partial charge on any atom is -0.422 e. The molecule has 7 heteroatoms. The molecule has 28 heavy (non-hydrogen) atoms. The number of aliphatic hydroxyl groups excluding tert-OH is 1. The van der Waals surface area contributed by atoms with E-state index in [0.29, 0.717) is 12.3 Å². The van der Waals surface area contributed by atoms with E-state index in [9.17, 15) is 9.90 Å². The van der Waals surface area contributed by atoms with Crippen molar-refractivity contribution in [3.05, 3.63) is 0 Å². The fourth-order valence-corrected chi connectivity index (χ4v) is 99.5. The molecule has 0 bridgehead atoms. The molecule has 0 radical (unpaired) electrons. The van der Waals surface area contributed by atoms with Gasteiger partial charge in [-0.1, -0.05) is 93.5 Å². The molecule has 0 amide bonds. The largest absolute Gasteiger partial charge is 0.422 e. The molecule has 0 aromatic carbocycles. The number of ketones is 1. The SMILES string of the molecule is CC(C)[C@H](CC(=O)C[C@H](O)C(C)(C)C)O[Si]([Si](C)(C)C)([Si](C)(C)C)[Si](C)(C)C. The zero-order valence-electron chi connectivity index (χ0n) is 21.4. The summed E-state index contributed by atoms with van der Waals surface area (Å²) in [5.74, 6) is 0.456. The Labute approximate surface area is 179 Å². The Morgan fingerprint density at radius 1 is 0.821 bits per heavy atom. The first kappa shape index (κ1) is 28.5. The summed E-state index contributed by atoms with van der Waals surface area (Å²) < 4.78 is 7.35. The van der Waals surface area contributed by atoms with Crippen LogP contribution in [-0.2, 0) is 9.22 Å². The molecule has 2 atom stereocenters. The van der Waals surface area contributed by atoms with Gasteiger partial charge in [0.05, 0.1) is 35.0 Å². The number of aliphatic hydroxyl groups is 1. The second-order valence-corrected chi connectivity index (χ2v) is 52.6. The molecule has 0 aromatic heterocycles. The highest BCUT2D eigenvalue weighted by Gasteiger charge is 2.64. The molecule has 3 nitrogen and oxygen atoms in total. The van der Waals surface area contributed by atoms with Gasteiger partial charge in [-0.05, 0) is 11.3 Å². The van der Waals surface area contributed by atoms with Crippen molar-refractivity contribution in [2.24, 2.45) is 11.3 Å². The van der Waals surface area contributed by atoms with Gasteiger partial charge in [-0.25, -0.2) is 0 Å². The fraction of sp³-hybridized carbons (Fsp3) is 0.952. The molecular formula is C21H50O3Si4. The number of hydrogen-bond acceptors (Lipinski definition) is 3. The lowest BCUT2D eigenvalue weighted by Gasteiger charge is -2.57. The average molecular weight is 463 g/mol. The quantitative estimate of drug-likeness (QED) is 0.406. The van der Waals surface area contributed by atoms with Crippen molar-refractivity contribution in [1.29, 1.82) is 0 Å². The van der Waals surface area contributed by atoms with Crippen molar-refractivity contribution in [3.63, 3.8) is 0 Å². The summed E-state index contributed by atoms with van der Waals surface area (Å²) in [6.45, 7) is 31.0. The summed E-state index contributed by atoms with van der Waals surface area (Å²) in [6.07, 6.45) is 0.0634. The van der Waals surface area contributed by atoms with Crippen molar-refractivity contribution in [2.45, 2.75) is 119 Å². The maximum atomic E-state index is 12.9. The van der Waals surface area contributed by atoms with Gasteiger partial charge in [0, 0.05) is 12.8 Å². The van der Waals surface area contributed by atoms with Crippen molar-refractivity contribution < 1.29 is 14.3 Å². The van der Waals surface area contributed by atoms with E-state index in [1.807, 2.05) is 20.8 Å². The van der Waals surface area contributed by atoms with Gasteiger partial charge in [0.2, 0.25) is 0 Å². The van der Waals surface area contributed by atoms with Gasteiger partial charge in [0.25, 0.3) is 0 Å². The highest BCUT2D eigenvalue weighted by Crippen LogP contribution is 2.40. The Hall–Kier alpha value is 0.458. The topological polar surface area (TPSA) is 46.5 Å². The first-order valence-corrected chi connectivity index (χ1v) is 26.4. The summed E-state index contributed by atoms with van der Waals surface area (Å²) >= 11 is 0. The molecule has 0 rings (SSSR count). The second kappa shape index (κ2) is 9.30. The number of carbonyl (C=O) groups is 1. The van der Waals surface area contributed by atoms with Gasteiger partial charge in [-0.2, -0.15) is 0 Å². The lowest BCUT2D eigenvalue weighted by atomic mass is 9.85. The average Bonchev–Trinajstić information content (AvgIpc) is 2.37. The highest BCUT2D eigenvalue weighted by molar-refractivity contribution is 7.87. The van der Waals surface area contributed by atoms with Crippen LogP contribution in [0.1, 0.15) is 47.5 Å². The summed E-state index contributed by atoms with van der Waals surface area (Å²) in [5.41, 5.74) is -0.267. The number of Topliss-reactive ketones (excluding diaryl/α,β-unsaturated/α-hetero) is 1. The number of carbonyl (C=O) groups excluding carboxylic acids is 1. The summed E-state index contributed by atoms with van der Waals surface area (Å²) in [4.78, 5) is 12.9. The van der Waals surface area contributed by atoms with E-state index in [0.717, 1.165) is 0 Å². The molecule has 0 saturated carbocycles. The molecule has 0 saturated heterocycles. The van der Waals surface area contributed by atoms with E-state index in [2.05, 4.69) is 72.8 Å². The molecule has 0 heterocycles. The van der Waals surface area contributed by atoms with E-state index in [1.54, 1.807) is 0 Å². The van der Waals surface area contributed by atoms with Crippen molar-refractivity contribution in [1.82, 2.24) is 0 Å². The zero-order valence-corrected chi connectivity index (χ0v) is 25.4. The normalized spacial score (nSPS) is 17.0. The van der Waals surface area contributed by atoms with E-state index < -0.39 is 35.7 Å². The summed E-state index contributed by atoms with van der Waals surface area (Å²) in [7, 11) is -4.65. The predicted molar refractivity (Wildman–Crippen MR) is 135 cm³/mol. The molecule has 0 aromatic rings. The Balaban J connectivity index is 5.94. The Kier molecular flexibility index (Phi) is 9.45. The van der Waals surface area contributed by atoms with Crippen LogP contribution in [0.25, 0.3) is 0 Å². The maximum absolute atomic E-state index is 12.9. The van der Waals surface area contributed by atoms with Crippen LogP contribution >= 0.6 is 0 Å². The van der Waals surface area contributed by atoms with E-state index in [1.165, 1.54) is 0 Å². The maximum Gasteiger partial charge on any atom is 0.158 e. The van der Waals surface area contributed by atoms with Gasteiger partial charge in [-0.15, -0.1) is 0 Å². The van der Waals surface area contributed by atoms with Crippen molar-refractivity contribution >= 4 is 35.4 Å². The smallest absolute Gasteiger partial charge is 0.158 e. The van der Waals surface area contributed by atoms with Crippen molar-refractivity contribution in [3.8, 4) is 0 Å². The van der Waals surface area contributed by atoms with Crippen molar-refractivity contribution in [2.75, 3.05) is 0 Å². The van der Waals surface area contributed by atoms with Gasteiger partial charge < -0.3 is 9.53 Å². The lowest BCUT2D eigenvalue weighted by molar-refractivity contribution is -0.124. The fourth-order valence-electron chi connectivity index (χ4n) is 5.38. The molecule has 0 spiro atoms. The second-order valence-electron chi connectivity index (χ2n) is 13.2. The minimum atomic E-state index is -1.97. The van der Waals surface area contributed by atoms with Crippen LogP contribution in [0.2, 0.25) is 58.9 Å². The zero-order chi connectivity index (χ0) is 22.9. The van der Waals surface area contributed by atoms with E-state index in [-0.39, 0.29) is 23.7 Å². The first-order valence-electron chi connectivity index (χ1n) is 11.0. The molecule has 1 N–H and O–H groups in total. The first-order chi connectivity index (χ1) is 12.1. The van der Waals surface area contributed by atoms with Crippen LogP contribution in [0, 0.1) is 11.3 Å².